The van der Waals surface area contributed by atoms with E-state index >= 15 is 4.39 Å². The first-order valence-corrected chi connectivity index (χ1v) is 7.32. The van der Waals surface area contributed by atoms with E-state index in [-0.39, 0.29) is 5.92 Å². The molecule has 2 aromatic carbocycles. The van der Waals surface area contributed by atoms with Crippen molar-refractivity contribution in [2.45, 2.75) is 18.5 Å². The summed E-state index contributed by atoms with van der Waals surface area (Å²) < 4.78 is 16.1. The van der Waals surface area contributed by atoms with Crippen LogP contribution < -0.4 is 5.32 Å². The molecule has 0 bridgehead atoms. The van der Waals surface area contributed by atoms with E-state index in [2.05, 4.69) is 5.32 Å². The number of benzene rings is 2. The average Bonchev–Trinajstić information content (AvgIpc) is 2.56. The fourth-order valence-corrected chi connectivity index (χ4v) is 3.19. The number of piperidine rings is 1. The van der Waals surface area contributed by atoms with Crippen molar-refractivity contribution in [1.82, 2.24) is 5.32 Å². The number of halogens is 1. The van der Waals surface area contributed by atoms with Gasteiger partial charge >= 0.3 is 0 Å². The van der Waals surface area contributed by atoms with Gasteiger partial charge in [-0.25, -0.2) is 4.39 Å². The molecule has 104 valence electrons. The molecule has 1 aliphatic rings. The van der Waals surface area contributed by atoms with Crippen molar-refractivity contribution in [3.63, 3.8) is 0 Å². The van der Waals surface area contributed by atoms with Crippen LogP contribution in [0.4, 0.5) is 4.39 Å². The molecule has 0 amide bonds. The van der Waals surface area contributed by atoms with Gasteiger partial charge in [0.25, 0.3) is 0 Å². The van der Waals surface area contributed by atoms with E-state index in [9.17, 15) is 0 Å². The normalized spacial score (nSPS) is 19.8. The zero-order chi connectivity index (χ0) is 13.8. The maximum atomic E-state index is 16.1. The summed E-state index contributed by atoms with van der Waals surface area (Å²) in [6, 6.07) is 19.2. The van der Waals surface area contributed by atoms with Gasteiger partial charge in [0.2, 0.25) is 0 Å². The molecule has 1 heterocycles. The van der Waals surface area contributed by atoms with Crippen molar-refractivity contribution in [3.05, 3.63) is 71.8 Å². The van der Waals surface area contributed by atoms with Gasteiger partial charge in [0, 0.05) is 12.5 Å². The lowest BCUT2D eigenvalue weighted by molar-refractivity contribution is 0.104. The van der Waals surface area contributed by atoms with Crippen molar-refractivity contribution in [2.75, 3.05) is 13.1 Å². The molecular weight excluding hydrogens is 249 g/mol. The summed E-state index contributed by atoms with van der Waals surface area (Å²) in [5.74, 6) is -0.0129. The molecule has 2 heteroatoms. The van der Waals surface area contributed by atoms with Crippen LogP contribution in [-0.2, 0) is 5.67 Å². The van der Waals surface area contributed by atoms with E-state index < -0.39 is 5.67 Å². The SMILES string of the molecule is FC(c1ccccc1)(c1ccccc1)C1CCCNC1. The lowest BCUT2D eigenvalue weighted by atomic mass is 9.74. The molecule has 1 atom stereocenters. The van der Waals surface area contributed by atoms with Crippen LogP contribution in [0.15, 0.2) is 60.7 Å². The maximum Gasteiger partial charge on any atom is 0.165 e. The maximum absolute atomic E-state index is 16.1. The van der Waals surface area contributed by atoms with Gasteiger partial charge in [0.1, 0.15) is 0 Å². The van der Waals surface area contributed by atoms with Gasteiger partial charge in [0.15, 0.2) is 5.67 Å². The Kier molecular flexibility index (Phi) is 3.83. The van der Waals surface area contributed by atoms with Crippen LogP contribution in [0.1, 0.15) is 24.0 Å². The van der Waals surface area contributed by atoms with Gasteiger partial charge in [-0.05, 0) is 30.5 Å². The molecular formula is C18H20FN. The van der Waals surface area contributed by atoms with Crippen LogP contribution in [-0.4, -0.2) is 13.1 Å². The predicted molar refractivity (Wildman–Crippen MR) is 80.4 cm³/mol. The zero-order valence-corrected chi connectivity index (χ0v) is 11.6. The molecule has 0 radical (unpaired) electrons. The van der Waals surface area contributed by atoms with Crippen LogP contribution >= 0.6 is 0 Å². The Morgan fingerprint density at radius 1 is 0.900 bits per heavy atom. The van der Waals surface area contributed by atoms with E-state index in [0.717, 1.165) is 37.1 Å². The largest absolute Gasteiger partial charge is 0.316 e. The third kappa shape index (κ3) is 2.36. The Morgan fingerprint density at radius 2 is 1.45 bits per heavy atom. The Balaban J connectivity index is 2.07. The Hall–Kier alpha value is -1.67. The lowest BCUT2D eigenvalue weighted by Gasteiger charge is -2.37. The highest BCUT2D eigenvalue weighted by Gasteiger charge is 2.42. The van der Waals surface area contributed by atoms with E-state index in [0.29, 0.717) is 0 Å². The number of rotatable bonds is 3. The Bertz CT molecular complexity index is 492. The minimum atomic E-state index is -1.41. The zero-order valence-electron chi connectivity index (χ0n) is 11.6. The molecule has 0 spiro atoms. The quantitative estimate of drug-likeness (QED) is 0.891. The molecule has 1 saturated heterocycles. The summed E-state index contributed by atoms with van der Waals surface area (Å²) >= 11 is 0. The third-order valence-electron chi connectivity index (χ3n) is 4.25. The van der Waals surface area contributed by atoms with Gasteiger partial charge in [-0.2, -0.15) is 0 Å². The standard InChI is InChI=1S/C18H20FN/c19-18(15-8-3-1-4-9-15,16-10-5-2-6-11-16)17-12-7-13-20-14-17/h1-6,8-11,17,20H,7,12-14H2. The highest BCUT2D eigenvalue weighted by molar-refractivity contribution is 5.37. The van der Waals surface area contributed by atoms with Crippen molar-refractivity contribution < 1.29 is 4.39 Å². The summed E-state index contributed by atoms with van der Waals surface area (Å²) in [7, 11) is 0. The van der Waals surface area contributed by atoms with Crippen molar-refractivity contribution in [2.24, 2.45) is 5.92 Å². The first-order chi connectivity index (χ1) is 9.82. The number of nitrogens with one attached hydrogen (secondary N) is 1. The van der Waals surface area contributed by atoms with Gasteiger partial charge in [-0.1, -0.05) is 60.7 Å². The summed E-state index contributed by atoms with van der Waals surface area (Å²) in [6.45, 7) is 1.73. The highest BCUT2D eigenvalue weighted by atomic mass is 19.1. The summed E-state index contributed by atoms with van der Waals surface area (Å²) in [5.41, 5.74) is 0.121. The number of alkyl halides is 1. The molecule has 1 fully saturated rings. The van der Waals surface area contributed by atoms with E-state index in [1.165, 1.54) is 0 Å². The monoisotopic (exact) mass is 269 g/mol. The van der Waals surface area contributed by atoms with Crippen LogP contribution in [0.3, 0.4) is 0 Å². The van der Waals surface area contributed by atoms with Gasteiger partial charge in [0.05, 0.1) is 0 Å². The molecule has 1 unspecified atom stereocenters. The smallest absolute Gasteiger partial charge is 0.165 e. The van der Waals surface area contributed by atoms with Crippen molar-refractivity contribution >= 4 is 0 Å². The van der Waals surface area contributed by atoms with Gasteiger partial charge in [-0.15, -0.1) is 0 Å². The van der Waals surface area contributed by atoms with E-state index in [1.54, 1.807) is 0 Å². The van der Waals surface area contributed by atoms with Crippen LogP contribution in [0.5, 0.6) is 0 Å². The molecule has 2 aromatic rings. The fourth-order valence-electron chi connectivity index (χ4n) is 3.19. The average molecular weight is 269 g/mol. The molecule has 0 saturated carbocycles. The predicted octanol–water partition coefficient (Wildman–Crippen LogP) is 3.90. The first kappa shape index (κ1) is 13.3. The Labute approximate surface area is 119 Å². The fraction of sp³-hybridized carbons (Fsp3) is 0.333. The second-order valence-corrected chi connectivity index (χ2v) is 5.49. The van der Waals surface area contributed by atoms with Crippen molar-refractivity contribution in [3.8, 4) is 0 Å². The summed E-state index contributed by atoms with van der Waals surface area (Å²) in [6.07, 6.45) is 1.96. The number of hydrogen-bond acceptors (Lipinski definition) is 1. The molecule has 1 aliphatic heterocycles. The molecule has 1 N–H and O–H groups in total. The molecule has 0 aromatic heterocycles. The topological polar surface area (TPSA) is 12.0 Å². The molecule has 20 heavy (non-hydrogen) atoms. The highest BCUT2D eigenvalue weighted by Crippen LogP contribution is 2.43. The summed E-state index contributed by atoms with van der Waals surface area (Å²) in [4.78, 5) is 0. The third-order valence-corrected chi connectivity index (χ3v) is 4.25. The summed E-state index contributed by atoms with van der Waals surface area (Å²) in [5, 5.41) is 3.34. The van der Waals surface area contributed by atoms with Crippen molar-refractivity contribution in [1.29, 1.82) is 0 Å². The van der Waals surface area contributed by atoms with Gasteiger partial charge < -0.3 is 5.32 Å². The second kappa shape index (κ2) is 5.76. The van der Waals surface area contributed by atoms with Crippen LogP contribution in [0, 0.1) is 5.92 Å². The van der Waals surface area contributed by atoms with Crippen LogP contribution in [0.25, 0.3) is 0 Å². The van der Waals surface area contributed by atoms with E-state index in [1.807, 2.05) is 60.7 Å². The first-order valence-electron chi connectivity index (χ1n) is 7.32. The van der Waals surface area contributed by atoms with Crippen LogP contribution in [0.2, 0.25) is 0 Å². The number of hydrogen-bond donors (Lipinski definition) is 1. The minimum Gasteiger partial charge on any atom is -0.316 e. The Morgan fingerprint density at radius 3 is 1.90 bits per heavy atom. The van der Waals surface area contributed by atoms with Gasteiger partial charge in [-0.3, -0.25) is 0 Å². The molecule has 3 rings (SSSR count). The second-order valence-electron chi connectivity index (χ2n) is 5.49. The minimum absolute atomic E-state index is 0.0129. The molecule has 0 aliphatic carbocycles. The molecule has 1 nitrogen and oxygen atoms in total. The van der Waals surface area contributed by atoms with E-state index in [4.69, 9.17) is 0 Å². The lowest BCUT2D eigenvalue weighted by Crippen LogP contribution is -2.42.